The Morgan fingerprint density at radius 2 is 2.22 bits per heavy atom. The number of hydrogen-bond acceptors (Lipinski definition) is 4. The van der Waals surface area contributed by atoms with E-state index < -0.39 is 6.10 Å². The van der Waals surface area contributed by atoms with E-state index in [4.69, 9.17) is 9.47 Å². The quantitative estimate of drug-likeness (QED) is 0.767. The molecule has 98 valence electrons. The number of benzene rings is 1. The maximum Gasteiger partial charge on any atom is 0.349 e. The highest BCUT2D eigenvalue weighted by atomic mass is 16.6. The molecule has 0 bridgehead atoms. The van der Waals surface area contributed by atoms with Gasteiger partial charge in [-0.05, 0) is 25.5 Å². The minimum absolute atomic E-state index is 0.284. The monoisotopic (exact) mass is 249 g/mol. The number of carbonyl (C=O) groups excluding carboxylic acids is 1. The molecule has 1 atom stereocenters. The van der Waals surface area contributed by atoms with Gasteiger partial charge >= 0.3 is 5.97 Å². The minimum Gasteiger partial charge on any atom is -0.475 e. The maximum absolute atomic E-state index is 11.8. The Balaban J connectivity index is 2.20. The summed E-state index contributed by atoms with van der Waals surface area (Å²) in [4.78, 5) is 14.0. The average Bonchev–Trinajstić information content (AvgIpc) is 2.39. The van der Waals surface area contributed by atoms with Gasteiger partial charge in [0.05, 0.1) is 18.8 Å². The Morgan fingerprint density at radius 1 is 1.44 bits per heavy atom. The molecule has 0 aliphatic carbocycles. The van der Waals surface area contributed by atoms with Crippen LogP contribution < -0.4 is 9.64 Å². The van der Waals surface area contributed by atoms with Gasteiger partial charge in [-0.3, -0.25) is 0 Å². The predicted octanol–water partition coefficient (Wildman–Crippen LogP) is 2.23. The maximum atomic E-state index is 11.8. The molecule has 0 saturated heterocycles. The molecule has 1 unspecified atom stereocenters. The van der Waals surface area contributed by atoms with E-state index in [-0.39, 0.29) is 5.97 Å². The number of rotatable bonds is 4. The average molecular weight is 249 g/mol. The summed E-state index contributed by atoms with van der Waals surface area (Å²) < 4.78 is 10.7. The van der Waals surface area contributed by atoms with Crippen LogP contribution in [0.15, 0.2) is 24.3 Å². The molecule has 18 heavy (non-hydrogen) atoms. The Labute approximate surface area is 107 Å². The molecule has 0 spiro atoms. The number of fused-ring (bicyclic) bond motifs is 1. The van der Waals surface area contributed by atoms with Crippen molar-refractivity contribution in [2.24, 2.45) is 0 Å². The van der Waals surface area contributed by atoms with Gasteiger partial charge in [0, 0.05) is 6.54 Å². The van der Waals surface area contributed by atoms with Crippen LogP contribution in [-0.4, -0.2) is 31.8 Å². The number of esters is 1. The van der Waals surface area contributed by atoms with E-state index in [0.717, 1.165) is 24.4 Å². The van der Waals surface area contributed by atoms with Gasteiger partial charge in [0.15, 0.2) is 0 Å². The zero-order chi connectivity index (χ0) is 13.0. The summed E-state index contributed by atoms with van der Waals surface area (Å²) in [6, 6.07) is 7.81. The minimum atomic E-state index is -0.522. The van der Waals surface area contributed by atoms with Crippen molar-refractivity contribution < 1.29 is 14.3 Å². The van der Waals surface area contributed by atoms with Crippen LogP contribution in [0.1, 0.15) is 20.3 Å². The molecular weight excluding hydrogens is 230 g/mol. The Kier molecular flexibility index (Phi) is 4.07. The van der Waals surface area contributed by atoms with E-state index >= 15 is 0 Å². The summed E-state index contributed by atoms with van der Waals surface area (Å²) >= 11 is 0. The van der Waals surface area contributed by atoms with Crippen molar-refractivity contribution in [3.63, 3.8) is 0 Å². The molecule has 2 rings (SSSR count). The summed E-state index contributed by atoms with van der Waals surface area (Å²) in [5.41, 5.74) is 1.06. The highest BCUT2D eigenvalue weighted by Gasteiger charge is 2.31. The number of anilines is 1. The smallest absolute Gasteiger partial charge is 0.349 e. The number of carbonyl (C=O) groups is 1. The molecule has 4 heteroatoms. The highest BCUT2D eigenvalue weighted by molar-refractivity contribution is 5.78. The van der Waals surface area contributed by atoms with Gasteiger partial charge in [-0.2, -0.15) is 0 Å². The lowest BCUT2D eigenvalue weighted by Gasteiger charge is -2.34. The third-order valence-electron chi connectivity index (χ3n) is 2.90. The number of ether oxygens (including phenoxy) is 2. The summed E-state index contributed by atoms with van der Waals surface area (Å²) in [6.07, 6.45) is 0.510. The second-order valence-corrected chi connectivity index (χ2v) is 4.27. The summed E-state index contributed by atoms with van der Waals surface area (Å²) in [6.45, 7) is 5.78. The topological polar surface area (TPSA) is 38.8 Å². The van der Waals surface area contributed by atoms with Crippen LogP contribution in [0.2, 0.25) is 0 Å². The summed E-state index contributed by atoms with van der Waals surface area (Å²) in [5, 5.41) is 0. The van der Waals surface area contributed by atoms with Crippen molar-refractivity contribution >= 4 is 11.7 Å². The van der Waals surface area contributed by atoms with Crippen LogP contribution >= 0.6 is 0 Å². The first kappa shape index (κ1) is 12.7. The summed E-state index contributed by atoms with van der Waals surface area (Å²) in [5.74, 6) is 0.475. The van der Waals surface area contributed by atoms with E-state index in [9.17, 15) is 4.79 Å². The molecule has 1 aliphatic rings. The highest BCUT2D eigenvalue weighted by Crippen LogP contribution is 2.33. The number of nitrogens with zero attached hydrogens (tertiary/aromatic N) is 1. The Bertz CT molecular complexity index is 419. The van der Waals surface area contributed by atoms with Crippen LogP contribution in [0.25, 0.3) is 0 Å². The van der Waals surface area contributed by atoms with Gasteiger partial charge in [0.1, 0.15) is 5.75 Å². The zero-order valence-electron chi connectivity index (χ0n) is 10.9. The lowest BCUT2D eigenvalue weighted by atomic mass is 10.2. The van der Waals surface area contributed by atoms with Crippen LogP contribution in [-0.2, 0) is 9.53 Å². The molecule has 1 aromatic rings. The van der Waals surface area contributed by atoms with Crippen LogP contribution in [0.4, 0.5) is 5.69 Å². The van der Waals surface area contributed by atoms with Crippen molar-refractivity contribution in [1.82, 2.24) is 0 Å². The van der Waals surface area contributed by atoms with Gasteiger partial charge in [-0.15, -0.1) is 0 Å². The third kappa shape index (κ3) is 2.58. The van der Waals surface area contributed by atoms with E-state index in [1.54, 1.807) is 6.92 Å². The first-order chi connectivity index (χ1) is 8.76. The second kappa shape index (κ2) is 5.76. The largest absolute Gasteiger partial charge is 0.475 e. The fourth-order valence-corrected chi connectivity index (χ4v) is 2.15. The number of hydrogen-bond donors (Lipinski definition) is 0. The first-order valence-electron chi connectivity index (χ1n) is 6.43. The second-order valence-electron chi connectivity index (χ2n) is 4.27. The van der Waals surface area contributed by atoms with Gasteiger partial charge in [-0.25, -0.2) is 4.79 Å². The van der Waals surface area contributed by atoms with Crippen LogP contribution in [0.5, 0.6) is 5.75 Å². The fraction of sp³-hybridized carbons (Fsp3) is 0.500. The number of para-hydroxylation sites is 2. The van der Waals surface area contributed by atoms with Crippen LogP contribution in [0, 0.1) is 0 Å². The lowest BCUT2D eigenvalue weighted by molar-refractivity contribution is -0.151. The molecule has 1 aromatic carbocycles. The molecule has 0 N–H and O–H groups in total. The van der Waals surface area contributed by atoms with Crippen molar-refractivity contribution in [3.8, 4) is 5.75 Å². The predicted molar refractivity (Wildman–Crippen MR) is 70.0 cm³/mol. The normalized spacial score (nSPS) is 17.9. The molecule has 4 nitrogen and oxygen atoms in total. The van der Waals surface area contributed by atoms with Crippen molar-refractivity contribution in [2.75, 3.05) is 24.6 Å². The van der Waals surface area contributed by atoms with Gasteiger partial charge in [0.25, 0.3) is 0 Å². The van der Waals surface area contributed by atoms with E-state index in [2.05, 4.69) is 11.8 Å². The van der Waals surface area contributed by atoms with E-state index in [0.29, 0.717) is 13.2 Å². The summed E-state index contributed by atoms with van der Waals surface area (Å²) in [7, 11) is 0. The molecule has 0 radical (unpaired) electrons. The van der Waals surface area contributed by atoms with Crippen molar-refractivity contribution in [3.05, 3.63) is 24.3 Å². The Hall–Kier alpha value is -1.71. The molecule has 1 aliphatic heterocycles. The lowest BCUT2D eigenvalue weighted by Crippen LogP contribution is -2.45. The zero-order valence-corrected chi connectivity index (χ0v) is 10.9. The SMILES string of the molecule is CCCN1CC(C(=O)OCC)Oc2ccccc21. The van der Waals surface area contributed by atoms with Crippen molar-refractivity contribution in [1.29, 1.82) is 0 Å². The van der Waals surface area contributed by atoms with Crippen molar-refractivity contribution in [2.45, 2.75) is 26.4 Å². The van der Waals surface area contributed by atoms with E-state index in [1.165, 1.54) is 0 Å². The van der Waals surface area contributed by atoms with Gasteiger partial charge < -0.3 is 14.4 Å². The van der Waals surface area contributed by atoms with Crippen LogP contribution in [0.3, 0.4) is 0 Å². The molecule has 0 fully saturated rings. The molecular formula is C14H19NO3. The molecule has 1 heterocycles. The van der Waals surface area contributed by atoms with Gasteiger partial charge in [0.2, 0.25) is 6.10 Å². The van der Waals surface area contributed by atoms with E-state index in [1.807, 2.05) is 24.3 Å². The third-order valence-corrected chi connectivity index (χ3v) is 2.90. The van der Waals surface area contributed by atoms with Gasteiger partial charge in [-0.1, -0.05) is 19.1 Å². The molecule has 0 aromatic heterocycles. The molecule has 0 amide bonds. The standard InChI is InChI=1S/C14H19NO3/c1-3-9-15-10-13(14(16)17-4-2)18-12-8-6-5-7-11(12)15/h5-8,13H,3-4,9-10H2,1-2H3. The fourth-order valence-electron chi connectivity index (χ4n) is 2.15. The Morgan fingerprint density at radius 3 is 2.94 bits per heavy atom. The first-order valence-corrected chi connectivity index (χ1v) is 6.43. The molecule has 0 saturated carbocycles.